The first-order valence-electron chi connectivity index (χ1n) is 11.3. The lowest BCUT2D eigenvalue weighted by Gasteiger charge is -2.39. The van der Waals surface area contributed by atoms with Crippen molar-refractivity contribution in [1.82, 2.24) is 10.2 Å². The summed E-state index contributed by atoms with van der Waals surface area (Å²) < 4.78 is 27.5. The van der Waals surface area contributed by atoms with Crippen LogP contribution in [0.5, 0.6) is 0 Å². The molecule has 0 saturated carbocycles. The maximum atomic E-state index is 13.7. The Bertz CT molecular complexity index is 880. The third-order valence-corrected chi connectivity index (χ3v) is 6.29. The standard InChI is InChI=1S/C25H33F2N3O2/c1-2-17-4-3-5-18(10-17)15-29-16-24(31)23(13-19-11-21(26)14-22(27)12-19)30-8-6-20(7-9-30)25(28)32/h3-5,10-12,14,20,23-24,29,31H,2,6-9,13,15-16H2,1H3,(H2,28,32). The lowest BCUT2D eigenvalue weighted by molar-refractivity contribution is -0.123. The number of aliphatic hydroxyl groups is 1. The first-order valence-corrected chi connectivity index (χ1v) is 11.3. The van der Waals surface area contributed by atoms with Crippen LogP contribution < -0.4 is 11.1 Å². The van der Waals surface area contributed by atoms with Crippen LogP contribution >= 0.6 is 0 Å². The Morgan fingerprint density at radius 2 is 1.78 bits per heavy atom. The number of primary amides is 1. The number of carbonyl (C=O) groups is 1. The van der Waals surface area contributed by atoms with Crippen molar-refractivity contribution in [3.8, 4) is 0 Å². The maximum Gasteiger partial charge on any atom is 0.220 e. The number of halogens is 2. The molecule has 2 aromatic carbocycles. The molecule has 5 nitrogen and oxygen atoms in total. The van der Waals surface area contributed by atoms with E-state index in [1.54, 1.807) is 0 Å². The minimum absolute atomic E-state index is 0.167. The van der Waals surface area contributed by atoms with Crippen molar-refractivity contribution in [3.05, 3.63) is 70.8 Å². The van der Waals surface area contributed by atoms with Crippen molar-refractivity contribution in [2.75, 3.05) is 19.6 Å². The molecule has 0 radical (unpaired) electrons. The van der Waals surface area contributed by atoms with Gasteiger partial charge in [0.2, 0.25) is 5.91 Å². The van der Waals surface area contributed by atoms with Crippen molar-refractivity contribution in [3.63, 3.8) is 0 Å². The highest BCUT2D eigenvalue weighted by Gasteiger charge is 2.31. The number of carbonyl (C=O) groups excluding carboxylic acids is 1. The monoisotopic (exact) mass is 445 g/mol. The number of aliphatic hydroxyl groups excluding tert-OH is 1. The van der Waals surface area contributed by atoms with Gasteiger partial charge in [-0.3, -0.25) is 9.69 Å². The number of amides is 1. The van der Waals surface area contributed by atoms with Crippen molar-refractivity contribution in [2.45, 2.75) is 51.3 Å². The topological polar surface area (TPSA) is 78.6 Å². The molecular weight excluding hydrogens is 412 g/mol. The zero-order valence-electron chi connectivity index (χ0n) is 18.6. The summed E-state index contributed by atoms with van der Waals surface area (Å²) in [6.07, 6.45) is 1.76. The van der Waals surface area contributed by atoms with Crippen LogP contribution in [0.4, 0.5) is 8.78 Å². The normalized spacial score (nSPS) is 17.2. The van der Waals surface area contributed by atoms with Crippen LogP contribution in [0, 0.1) is 17.6 Å². The van der Waals surface area contributed by atoms with E-state index < -0.39 is 17.7 Å². The molecule has 32 heavy (non-hydrogen) atoms. The summed E-state index contributed by atoms with van der Waals surface area (Å²) in [6, 6.07) is 11.4. The summed E-state index contributed by atoms with van der Waals surface area (Å²) in [5.41, 5.74) is 8.34. The number of nitrogens with one attached hydrogen (secondary N) is 1. The highest BCUT2D eigenvalue weighted by molar-refractivity contribution is 5.76. The summed E-state index contributed by atoms with van der Waals surface area (Å²) in [7, 11) is 0. The molecule has 4 N–H and O–H groups in total. The second-order valence-electron chi connectivity index (χ2n) is 8.63. The molecule has 1 saturated heterocycles. The second-order valence-corrected chi connectivity index (χ2v) is 8.63. The van der Waals surface area contributed by atoms with Gasteiger partial charge in [0.15, 0.2) is 0 Å². The molecule has 0 aliphatic carbocycles. The SMILES string of the molecule is CCc1cccc(CNCC(O)C(Cc2cc(F)cc(F)c2)N2CCC(C(N)=O)CC2)c1. The number of hydrogen-bond acceptors (Lipinski definition) is 4. The van der Waals surface area contributed by atoms with E-state index in [4.69, 9.17) is 5.73 Å². The fourth-order valence-electron chi connectivity index (χ4n) is 4.45. The van der Waals surface area contributed by atoms with E-state index in [0.29, 0.717) is 51.0 Å². The largest absolute Gasteiger partial charge is 0.390 e. The van der Waals surface area contributed by atoms with E-state index in [-0.39, 0.29) is 17.9 Å². The highest BCUT2D eigenvalue weighted by Crippen LogP contribution is 2.23. The number of likely N-dealkylation sites (tertiary alicyclic amines) is 1. The highest BCUT2D eigenvalue weighted by atomic mass is 19.1. The third-order valence-electron chi connectivity index (χ3n) is 6.29. The molecule has 0 spiro atoms. The van der Waals surface area contributed by atoms with Gasteiger partial charge in [0.05, 0.1) is 6.10 Å². The molecule has 2 atom stereocenters. The lowest BCUT2D eigenvalue weighted by atomic mass is 9.92. The predicted molar refractivity (Wildman–Crippen MR) is 121 cm³/mol. The molecule has 0 bridgehead atoms. The number of benzene rings is 2. The van der Waals surface area contributed by atoms with Crippen LogP contribution in [0.25, 0.3) is 0 Å². The summed E-state index contributed by atoms with van der Waals surface area (Å²) in [6.45, 7) is 4.28. The summed E-state index contributed by atoms with van der Waals surface area (Å²) in [5, 5.41) is 14.3. The van der Waals surface area contributed by atoms with Gasteiger partial charge in [-0.25, -0.2) is 8.78 Å². The van der Waals surface area contributed by atoms with Crippen LogP contribution in [0.3, 0.4) is 0 Å². The molecule has 1 heterocycles. The van der Waals surface area contributed by atoms with Crippen molar-refractivity contribution < 1.29 is 18.7 Å². The first-order chi connectivity index (χ1) is 15.4. The number of hydrogen-bond donors (Lipinski definition) is 3. The fourth-order valence-corrected chi connectivity index (χ4v) is 4.45. The molecule has 1 fully saturated rings. The fraction of sp³-hybridized carbons (Fsp3) is 0.480. The molecule has 7 heteroatoms. The lowest BCUT2D eigenvalue weighted by Crippen LogP contribution is -2.52. The number of aryl methyl sites for hydroxylation is 1. The number of nitrogens with zero attached hydrogens (tertiary/aromatic N) is 1. The Kier molecular flexibility index (Phi) is 8.73. The van der Waals surface area contributed by atoms with Crippen LogP contribution in [-0.4, -0.2) is 47.7 Å². The smallest absolute Gasteiger partial charge is 0.220 e. The quantitative estimate of drug-likeness (QED) is 0.526. The minimum atomic E-state index is -0.749. The van der Waals surface area contributed by atoms with Crippen LogP contribution in [0.15, 0.2) is 42.5 Å². The zero-order valence-corrected chi connectivity index (χ0v) is 18.6. The van der Waals surface area contributed by atoms with Crippen molar-refractivity contribution >= 4 is 5.91 Å². The van der Waals surface area contributed by atoms with Gasteiger partial charge in [-0.15, -0.1) is 0 Å². The molecule has 1 aliphatic rings. The van der Waals surface area contributed by atoms with Gasteiger partial charge in [-0.05, 0) is 67.6 Å². The Labute approximate surface area is 188 Å². The van der Waals surface area contributed by atoms with Gasteiger partial charge in [0.1, 0.15) is 11.6 Å². The molecule has 0 aromatic heterocycles. The van der Waals surface area contributed by atoms with E-state index in [0.717, 1.165) is 18.1 Å². The van der Waals surface area contributed by atoms with Gasteiger partial charge >= 0.3 is 0 Å². The predicted octanol–water partition coefficient (Wildman–Crippen LogP) is 2.79. The second kappa shape index (κ2) is 11.5. The Morgan fingerprint density at radius 1 is 1.12 bits per heavy atom. The molecule has 2 unspecified atom stereocenters. The number of rotatable bonds is 10. The number of piperidine rings is 1. The zero-order chi connectivity index (χ0) is 23.1. The molecule has 3 rings (SSSR count). The van der Waals surface area contributed by atoms with Crippen molar-refractivity contribution in [2.24, 2.45) is 11.7 Å². The van der Waals surface area contributed by atoms with Gasteiger partial charge < -0.3 is 16.2 Å². The van der Waals surface area contributed by atoms with Gasteiger partial charge in [-0.2, -0.15) is 0 Å². The van der Waals surface area contributed by atoms with E-state index in [1.807, 2.05) is 12.1 Å². The molecule has 1 amide bonds. The first kappa shape index (κ1) is 24.3. The molecule has 174 valence electrons. The van der Waals surface area contributed by atoms with E-state index >= 15 is 0 Å². The average molecular weight is 446 g/mol. The summed E-state index contributed by atoms with van der Waals surface area (Å²) in [5.74, 6) is -1.73. The van der Waals surface area contributed by atoms with Crippen molar-refractivity contribution in [1.29, 1.82) is 0 Å². The van der Waals surface area contributed by atoms with Crippen LogP contribution in [-0.2, 0) is 24.2 Å². The molecular formula is C25H33F2N3O2. The third kappa shape index (κ3) is 6.82. The van der Waals surface area contributed by atoms with Gasteiger partial charge in [0, 0.05) is 31.1 Å². The van der Waals surface area contributed by atoms with Crippen LogP contribution in [0.2, 0.25) is 0 Å². The average Bonchev–Trinajstić information content (AvgIpc) is 2.77. The molecule has 2 aromatic rings. The number of nitrogens with two attached hydrogens (primary N) is 1. The Hall–Kier alpha value is -2.35. The summed E-state index contributed by atoms with van der Waals surface area (Å²) in [4.78, 5) is 13.6. The van der Waals surface area contributed by atoms with Crippen LogP contribution in [0.1, 0.15) is 36.5 Å². The van der Waals surface area contributed by atoms with E-state index in [2.05, 4.69) is 29.3 Å². The van der Waals surface area contributed by atoms with E-state index in [1.165, 1.54) is 17.7 Å². The minimum Gasteiger partial charge on any atom is -0.390 e. The van der Waals surface area contributed by atoms with Gasteiger partial charge in [-0.1, -0.05) is 31.2 Å². The maximum absolute atomic E-state index is 13.7. The van der Waals surface area contributed by atoms with Gasteiger partial charge in [0.25, 0.3) is 0 Å². The Balaban J connectivity index is 1.66. The Morgan fingerprint density at radius 3 is 2.41 bits per heavy atom. The van der Waals surface area contributed by atoms with E-state index in [9.17, 15) is 18.7 Å². The summed E-state index contributed by atoms with van der Waals surface area (Å²) >= 11 is 0. The molecule has 1 aliphatic heterocycles.